The number of nitrogens with zero attached hydrogens (tertiary/aromatic N) is 2. The Hall–Kier alpha value is -1.36. The molecule has 0 bridgehead atoms. The van der Waals surface area contributed by atoms with E-state index in [9.17, 15) is 4.79 Å². The molecule has 0 saturated carbocycles. The molecule has 1 fully saturated rings. The third kappa shape index (κ3) is 2.61. The van der Waals surface area contributed by atoms with Crippen LogP contribution in [0.5, 0.6) is 0 Å². The molecule has 2 heterocycles. The normalized spacial score (nSPS) is 25.4. The molecule has 88 valence electrons. The molecular formula is C11H18N4O. The standard InChI is InChI=1S/C11H18N4O/c1-8-7-9(3-5-12-8)11(16)13-10-4-6-15(2)14-10/h4,6,8-9,12H,3,5,7H2,1-2H3,(H,13,14,16)/t8-,9-/m0/s1. The Morgan fingerprint density at radius 2 is 2.50 bits per heavy atom. The van der Waals surface area contributed by atoms with Gasteiger partial charge < -0.3 is 10.6 Å². The number of piperidine rings is 1. The number of aromatic nitrogens is 2. The molecule has 1 aromatic heterocycles. The molecule has 0 aromatic carbocycles. The predicted octanol–water partition coefficient (Wildman–Crippen LogP) is 0.747. The number of anilines is 1. The zero-order valence-electron chi connectivity index (χ0n) is 9.73. The van der Waals surface area contributed by atoms with Crippen LogP contribution in [0.4, 0.5) is 5.82 Å². The summed E-state index contributed by atoms with van der Waals surface area (Å²) in [5.41, 5.74) is 0. The highest BCUT2D eigenvalue weighted by molar-refractivity contribution is 5.91. The Labute approximate surface area is 95.2 Å². The van der Waals surface area contributed by atoms with Crippen molar-refractivity contribution in [1.29, 1.82) is 0 Å². The minimum atomic E-state index is 0.0899. The topological polar surface area (TPSA) is 59.0 Å². The largest absolute Gasteiger partial charge is 0.314 e. The quantitative estimate of drug-likeness (QED) is 0.776. The first-order valence-corrected chi connectivity index (χ1v) is 5.69. The van der Waals surface area contributed by atoms with Crippen LogP contribution in [0.25, 0.3) is 0 Å². The summed E-state index contributed by atoms with van der Waals surface area (Å²) >= 11 is 0. The van der Waals surface area contributed by atoms with Gasteiger partial charge in [-0.15, -0.1) is 0 Å². The van der Waals surface area contributed by atoms with Gasteiger partial charge in [0.2, 0.25) is 5.91 Å². The fourth-order valence-corrected chi connectivity index (χ4v) is 2.08. The predicted molar refractivity (Wildman–Crippen MR) is 62.0 cm³/mol. The second kappa shape index (κ2) is 4.65. The lowest BCUT2D eigenvalue weighted by atomic mass is 9.92. The monoisotopic (exact) mass is 222 g/mol. The summed E-state index contributed by atoms with van der Waals surface area (Å²) in [7, 11) is 1.84. The number of hydrogen-bond acceptors (Lipinski definition) is 3. The molecule has 0 unspecified atom stereocenters. The molecule has 1 aliphatic rings. The molecule has 5 heteroatoms. The first-order chi connectivity index (χ1) is 7.65. The van der Waals surface area contributed by atoms with Gasteiger partial charge in [0.1, 0.15) is 0 Å². The fourth-order valence-electron chi connectivity index (χ4n) is 2.08. The van der Waals surface area contributed by atoms with Gasteiger partial charge in [0.05, 0.1) is 0 Å². The highest BCUT2D eigenvalue weighted by atomic mass is 16.2. The second-order valence-electron chi connectivity index (χ2n) is 4.44. The summed E-state index contributed by atoms with van der Waals surface area (Å²) in [5.74, 6) is 0.837. The molecule has 2 N–H and O–H groups in total. The minimum absolute atomic E-state index is 0.0899. The Balaban J connectivity index is 1.92. The Morgan fingerprint density at radius 1 is 1.69 bits per heavy atom. The smallest absolute Gasteiger partial charge is 0.228 e. The summed E-state index contributed by atoms with van der Waals surface area (Å²) in [4.78, 5) is 11.9. The van der Waals surface area contributed by atoms with E-state index in [1.807, 2.05) is 19.3 Å². The van der Waals surface area contributed by atoms with Gasteiger partial charge in [-0.1, -0.05) is 0 Å². The molecule has 0 spiro atoms. The molecule has 1 aromatic rings. The summed E-state index contributed by atoms with van der Waals surface area (Å²) in [6, 6.07) is 2.23. The van der Waals surface area contributed by atoms with Crippen LogP contribution >= 0.6 is 0 Å². The fraction of sp³-hybridized carbons (Fsp3) is 0.636. The summed E-state index contributed by atoms with van der Waals surface area (Å²) < 4.78 is 1.68. The Kier molecular flexibility index (Phi) is 3.24. The van der Waals surface area contributed by atoms with Gasteiger partial charge in [0.15, 0.2) is 5.82 Å². The van der Waals surface area contributed by atoms with Crippen LogP contribution in [0.2, 0.25) is 0 Å². The number of carbonyl (C=O) groups is 1. The molecule has 2 rings (SSSR count). The van der Waals surface area contributed by atoms with E-state index in [1.165, 1.54) is 0 Å². The lowest BCUT2D eigenvalue weighted by Gasteiger charge is -2.26. The maximum absolute atomic E-state index is 11.9. The Morgan fingerprint density at radius 3 is 3.12 bits per heavy atom. The van der Waals surface area contributed by atoms with Gasteiger partial charge in [-0.05, 0) is 26.3 Å². The van der Waals surface area contributed by atoms with E-state index in [1.54, 1.807) is 4.68 Å². The number of amides is 1. The van der Waals surface area contributed by atoms with Gasteiger partial charge in [-0.25, -0.2) is 0 Å². The molecule has 2 atom stereocenters. The lowest BCUT2D eigenvalue weighted by Crippen LogP contribution is -2.40. The molecule has 16 heavy (non-hydrogen) atoms. The van der Waals surface area contributed by atoms with Gasteiger partial charge in [0, 0.05) is 31.3 Å². The summed E-state index contributed by atoms with van der Waals surface area (Å²) in [5, 5.41) is 10.3. The second-order valence-corrected chi connectivity index (χ2v) is 4.44. The first-order valence-electron chi connectivity index (χ1n) is 5.69. The maximum Gasteiger partial charge on any atom is 0.228 e. The van der Waals surface area contributed by atoms with Gasteiger partial charge in [0.25, 0.3) is 0 Å². The number of aryl methyl sites for hydroxylation is 1. The number of hydrogen-bond donors (Lipinski definition) is 2. The molecular weight excluding hydrogens is 204 g/mol. The number of nitrogens with one attached hydrogen (secondary N) is 2. The van der Waals surface area contributed by atoms with E-state index in [0.717, 1.165) is 19.4 Å². The summed E-state index contributed by atoms with van der Waals surface area (Å²) in [6.07, 6.45) is 3.63. The van der Waals surface area contributed by atoms with Crippen LogP contribution < -0.4 is 10.6 Å². The summed E-state index contributed by atoms with van der Waals surface area (Å²) in [6.45, 7) is 3.03. The highest BCUT2D eigenvalue weighted by Crippen LogP contribution is 2.17. The van der Waals surface area contributed by atoms with Crippen molar-refractivity contribution in [2.45, 2.75) is 25.8 Å². The van der Waals surface area contributed by atoms with Crippen molar-refractivity contribution in [3.8, 4) is 0 Å². The van der Waals surface area contributed by atoms with Crippen molar-refractivity contribution in [1.82, 2.24) is 15.1 Å². The van der Waals surface area contributed by atoms with Crippen molar-refractivity contribution in [3.05, 3.63) is 12.3 Å². The molecule has 0 aliphatic carbocycles. The number of carbonyl (C=O) groups excluding carboxylic acids is 1. The van der Waals surface area contributed by atoms with E-state index >= 15 is 0 Å². The van der Waals surface area contributed by atoms with Gasteiger partial charge in [-0.2, -0.15) is 5.10 Å². The van der Waals surface area contributed by atoms with Crippen LogP contribution in [0.1, 0.15) is 19.8 Å². The molecule has 1 amide bonds. The average molecular weight is 222 g/mol. The average Bonchev–Trinajstić information content (AvgIpc) is 2.64. The van der Waals surface area contributed by atoms with E-state index < -0.39 is 0 Å². The first kappa shape index (κ1) is 11.1. The van der Waals surface area contributed by atoms with E-state index in [2.05, 4.69) is 22.7 Å². The lowest BCUT2D eigenvalue weighted by molar-refractivity contribution is -0.120. The van der Waals surface area contributed by atoms with Crippen molar-refractivity contribution in [3.63, 3.8) is 0 Å². The van der Waals surface area contributed by atoms with Crippen LogP contribution in [0, 0.1) is 5.92 Å². The third-order valence-electron chi connectivity index (χ3n) is 2.96. The van der Waals surface area contributed by atoms with Gasteiger partial charge >= 0.3 is 0 Å². The van der Waals surface area contributed by atoms with Crippen LogP contribution in [0.15, 0.2) is 12.3 Å². The molecule has 5 nitrogen and oxygen atoms in total. The van der Waals surface area contributed by atoms with Crippen molar-refractivity contribution >= 4 is 11.7 Å². The third-order valence-corrected chi connectivity index (χ3v) is 2.96. The Bertz CT molecular complexity index is 374. The molecule has 1 saturated heterocycles. The van der Waals surface area contributed by atoms with Crippen LogP contribution in [-0.4, -0.2) is 28.3 Å². The van der Waals surface area contributed by atoms with Crippen molar-refractivity contribution in [2.75, 3.05) is 11.9 Å². The van der Waals surface area contributed by atoms with Crippen LogP contribution in [-0.2, 0) is 11.8 Å². The minimum Gasteiger partial charge on any atom is -0.314 e. The van der Waals surface area contributed by atoms with Crippen LogP contribution in [0.3, 0.4) is 0 Å². The van der Waals surface area contributed by atoms with Crippen molar-refractivity contribution < 1.29 is 4.79 Å². The van der Waals surface area contributed by atoms with Crippen molar-refractivity contribution in [2.24, 2.45) is 13.0 Å². The highest BCUT2D eigenvalue weighted by Gasteiger charge is 2.24. The maximum atomic E-state index is 11.9. The van der Waals surface area contributed by atoms with Gasteiger partial charge in [-0.3, -0.25) is 9.48 Å². The molecule has 1 aliphatic heterocycles. The van der Waals surface area contributed by atoms with E-state index in [4.69, 9.17) is 0 Å². The van der Waals surface area contributed by atoms with E-state index in [0.29, 0.717) is 11.9 Å². The SMILES string of the molecule is C[C@H]1C[C@@H](C(=O)Nc2ccn(C)n2)CCN1. The molecule has 0 radical (unpaired) electrons. The number of rotatable bonds is 2. The zero-order valence-corrected chi connectivity index (χ0v) is 9.73. The zero-order chi connectivity index (χ0) is 11.5. The van der Waals surface area contributed by atoms with E-state index in [-0.39, 0.29) is 11.8 Å².